The highest BCUT2D eigenvalue weighted by Crippen LogP contribution is 2.23. The molecule has 1 aromatic rings. The highest BCUT2D eigenvalue weighted by atomic mass is 16.5. The molecule has 1 aliphatic rings. The van der Waals surface area contributed by atoms with Crippen molar-refractivity contribution in [1.82, 2.24) is 10.2 Å². The lowest BCUT2D eigenvalue weighted by Crippen LogP contribution is -2.44. The van der Waals surface area contributed by atoms with Crippen LogP contribution in [0.1, 0.15) is 24.0 Å². The van der Waals surface area contributed by atoms with Gasteiger partial charge in [-0.3, -0.25) is 4.79 Å². The first-order valence-electron chi connectivity index (χ1n) is 7.26. The van der Waals surface area contributed by atoms with Crippen LogP contribution in [0.4, 0.5) is 0 Å². The first-order chi connectivity index (χ1) is 9.60. The Morgan fingerprint density at radius 2 is 2.05 bits per heavy atom. The average Bonchev–Trinajstić information content (AvgIpc) is 2.44. The van der Waals surface area contributed by atoms with Gasteiger partial charge in [-0.05, 0) is 38.1 Å². The summed E-state index contributed by atoms with van der Waals surface area (Å²) in [6.45, 7) is 6.14. The van der Waals surface area contributed by atoms with E-state index >= 15 is 0 Å². The summed E-state index contributed by atoms with van der Waals surface area (Å²) in [6.07, 6.45) is 2.03. The largest absolute Gasteiger partial charge is 0.490 e. The Kier molecular flexibility index (Phi) is 5.01. The Bertz CT molecular complexity index is 466. The van der Waals surface area contributed by atoms with Crippen molar-refractivity contribution in [1.29, 1.82) is 0 Å². The van der Waals surface area contributed by atoms with Gasteiger partial charge in [0.15, 0.2) is 0 Å². The lowest BCUT2D eigenvalue weighted by molar-refractivity contribution is -0.131. The molecule has 0 spiro atoms. The van der Waals surface area contributed by atoms with Gasteiger partial charge in [-0.15, -0.1) is 0 Å². The van der Waals surface area contributed by atoms with Crippen LogP contribution in [0.5, 0.6) is 5.75 Å². The molecular weight excluding hydrogens is 252 g/mol. The second-order valence-electron chi connectivity index (χ2n) is 5.50. The Morgan fingerprint density at radius 3 is 2.70 bits per heavy atom. The van der Waals surface area contributed by atoms with Gasteiger partial charge < -0.3 is 15.0 Å². The number of carbonyl (C=O) groups excluding carboxylic acids is 1. The molecule has 110 valence electrons. The van der Waals surface area contributed by atoms with Crippen molar-refractivity contribution in [2.75, 3.05) is 26.7 Å². The smallest absolute Gasteiger partial charge is 0.236 e. The first-order valence-corrected chi connectivity index (χ1v) is 7.26. The monoisotopic (exact) mass is 276 g/mol. The standard InChI is InChI=1S/C16H24N2O2/c1-12-4-5-13(2)15(10-12)20-14-6-8-18(9-7-14)16(19)11-17-3/h4-5,10,14,17H,6-9,11H2,1-3H3. The van der Waals surface area contributed by atoms with Crippen LogP contribution in [-0.4, -0.2) is 43.6 Å². The molecule has 0 saturated carbocycles. The van der Waals surface area contributed by atoms with Crippen LogP contribution < -0.4 is 10.1 Å². The van der Waals surface area contributed by atoms with Gasteiger partial charge in [-0.1, -0.05) is 12.1 Å². The summed E-state index contributed by atoms with van der Waals surface area (Å²) in [7, 11) is 1.80. The van der Waals surface area contributed by atoms with Crippen LogP contribution in [-0.2, 0) is 4.79 Å². The molecule has 1 heterocycles. The molecule has 0 aliphatic carbocycles. The minimum absolute atomic E-state index is 0.178. The second kappa shape index (κ2) is 6.75. The highest BCUT2D eigenvalue weighted by molar-refractivity contribution is 5.78. The minimum Gasteiger partial charge on any atom is -0.490 e. The number of nitrogens with one attached hydrogen (secondary N) is 1. The number of carbonyl (C=O) groups is 1. The Morgan fingerprint density at radius 1 is 1.35 bits per heavy atom. The lowest BCUT2D eigenvalue weighted by atomic mass is 10.1. The van der Waals surface area contributed by atoms with Crippen LogP contribution >= 0.6 is 0 Å². The van der Waals surface area contributed by atoms with E-state index in [2.05, 4.69) is 37.4 Å². The number of likely N-dealkylation sites (tertiary alicyclic amines) is 1. The number of nitrogens with zero attached hydrogens (tertiary/aromatic N) is 1. The van der Waals surface area contributed by atoms with Gasteiger partial charge in [0, 0.05) is 25.9 Å². The fraction of sp³-hybridized carbons (Fsp3) is 0.562. The molecule has 1 amide bonds. The number of piperidine rings is 1. The number of rotatable bonds is 4. The zero-order chi connectivity index (χ0) is 14.5. The van der Waals surface area contributed by atoms with Gasteiger partial charge in [0.2, 0.25) is 5.91 Å². The average molecular weight is 276 g/mol. The van der Waals surface area contributed by atoms with Gasteiger partial charge in [0.1, 0.15) is 11.9 Å². The lowest BCUT2D eigenvalue weighted by Gasteiger charge is -2.32. The van der Waals surface area contributed by atoms with Crippen molar-refractivity contribution in [2.24, 2.45) is 0 Å². The molecule has 4 nitrogen and oxygen atoms in total. The summed E-state index contributed by atoms with van der Waals surface area (Å²) in [5.74, 6) is 1.16. The van der Waals surface area contributed by atoms with Crippen molar-refractivity contribution >= 4 is 5.91 Å². The third kappa shape index (κ3) is 3.73. The van der Waals surface area contributed by atoms with Crippen LogP contribution in [0.25, 0.3) is 0 Å². The number of hydrogen-bond donors (Lipinski definition) is 1. The topological polar surface area (TPSA) is 41.6 Å². The summed E-state index contributed by atoms with van der Waals surface area (Å²) < 4.78 is 6.10. The Balaban J connectivity index is 1.88. The van der Waals surface area contributed by atoms with E-state index in [0.29, 0.717) is 6.54 Å². The SMILES string of the molecule is CNCC(=O)N1CCC(Oc2cc(C)ccc2C)CC1. The number of benzene rings is 1. The molecule has 0 unspecified atom stereocenters. The molecule has 4 heteroatoms. The normalized spacial score (nSPS) is 16.2. The number of amides is 1. The summed E-state index contributed by atoms with van der Waals surface area (Å²) in [5, 5.41) is 2.91. The minimum atomic E-state index is 0.178. The number of aryl methyl sites for hydroxylation is 2. The predicted octanol–water partition coefficient (Wildman–Crippen LogP) is 1.89. The first kappa shape index (κ1) is 14.9. The molecule has 1 aromatic carbocycles. The van der Waals surface area contributed by atoms with E-state index in [0.717, 1.165) is 31.7 Å². The van der Waals surface area contributed by atoms with Crippen molar-refractivity contribution in [3.63, 3.8) is 0 Å². The third-order valence-electron chi connectivity index (χ3n) is 3.76. The summed E-state index contributed by atoms with van der Waals surface area (Å²) in [6, 6.07) is 6.28. The van der Waals surface area contributed by atoms with E-state index < -0.39 is 0 Å². The molecule has 0 bridgehead atoms. The number of likely N-dealkylation sites (N-methyl/N-ethyl adjacent to an activating group) is 1. The van der Waals surface area contributed by atoms with Crippen molar-refractivity contribution < 1.29 is 9.53 Å². The molecule has 2 rings (SSSR count). The number of hydrogen-bond acceptors (Lipinski definition) is 3. The quantitative estimate of drug-likeness (QED) is 0.913. The molecule has 0 atom stereocenters. The second-order valence-corrected chi connectivity index (χ2v) is 5.50. The van der Waals surface area contributed by atoms with Crippen molar-refractivity contribution in [3.05, 3.63) is 29.3 Å². The molecule has 0 radical (unpaired) electrons. The summed E-state index contributed by atoms with van der Waals surface area (Å²) in [5.41, 5.74) is 2.39. The molecule has 20 heavy (non-hydrogen) atoms. The Labute approximate surface area is 121 Å². The van der Waals surface area contributed by atoms with Crippen molar-refractivity contribution in [2.45, 2.75) is 32.8 Å². The van der Waals surface area contributed by atoms with Gasteiger partial charge in [0.05, 0.1) is 6.54 Å². The van der Waals surface area contributed by atoms with E-state index in [1.165, 1.54) is 11.1 Å². The zero-order valence-electron chi connectivity index (χ0n) is 12.6. The van der Waals surface area contributed by atoms with Gasteiger partial charge in [-0.25, -0.2) is 0 Å². The van der Waals surface area contributed by atoms with Crippen molar-refractivity contribution in [3.8, 4) is 5.75 Å². The fourth-order valence-corrected chi connectivity index (χ4v) is 2.50. The molecule has 1 N–H and O–H groups in total. The zero-order valence-corrected chi connectivity index (χ0v) is 12.6. The van der Waals surface area contributed by atoms with Crippen LogP contribution in [0.3, 0.4) is 0 Å². The summed E-state index contributed by atoms with van der Waals surface area (Å²) in [4.78, 5) is 13.7. The summed E-state index contributed by atoms with van der Waals surface area (Å²) >= 11 is 0. The number of ether oxygens (including phenoxy) is 1. The fourth-order valence-electron chi connectivity index (χ4n) is 2.50. The van der Waals surface area contributed by atoms with Crippen LogP contribution in [0.15, 0.2) is 18.2 Å². The molecule has 1 fully saturated rings. The molecule has 1 aliphatic heterocycles. The van der Waals surface area contributed by atoms with E-state index in [-0.39, 0.29) is 12.0 Å². The third-order valence-corrected chi connectivity index (χ3v) is 3.76. The van der Waals surface area contributed by atoms with E-state index in [9.17, 15) is 4.79 Å². The van der Waals surface area contributed by atoms with Gasteiger partial charge >= 0.3 is 0 Å². The van der Waals surface area contributed by atoms with E-state index in [1.807, 2.05) is 4.90 Å². The van der Waals surface area contributed by atoms with Crippen LogP contribution in [0.2, 0.25) is 0 Å². The maximum absolute atomic E-state index is 11.8. The van der Waals surface area contributed by atoms with E-state index in [4.69, 9.17) is 4.74 Å². The maximum Gasteiger partial charge on any atom is 0.236 e. The van der Waals surface area contributed by atoms with Gasteiger partial charge in [0.25, 0.3) is 0 Å². The molecular formula is C16H24N2O2. The Hall–Kier alpha value is -1.55. The maximum atomic E-state index is 11.8. The van der Waals surface area contributed by atoms with E-state index in [1.54, 1.807) is 7.05 Å². The predicted molar refractivity (Wildman–Crippen MR) is 80.1 cm³/mol. The van der Waals surface area contributed by atoms with Crippen LogP contribution in [0, 0.1) is 13.8 Å². The molecule has 0 aromatic heterocycles. The molecule has 1 saturated heterocycles. The van der Waals surface area contributed by atoms with Gasteiger partial charge in [-0.2, -0.15) is 0 Å². The highest BCUT2D eigenvalue weighted by Gasteiger charge is 2.23.